The summed E-state index contributed by atoms with van der Waals surface area (Å²) in [5.41, 5.74) is 0.788. The van der Waals surface area contributed by atoms with Gasteiger partial charge in [-0.05, 0) is 31.0 Å². The molecule has 0 saturated carbocycles. The summed E-state index contributed by atoms with van der Waals surface area (Å²) in [7, 11) is 0. The first kappa shape index (κ1) is 17.0. The Balaban J connectivity index is 2.43. The number of carbonyl (C=O) groups excluding carboxylic acids is 1. The number of carbonyl (C=O) groups is 2. The average Bonchev–Trinajstić information content (AvgIpc) is 2.43. The maximum absolute atomic E-state index is 11.7. The van der Waals surface area contributed by atoms with Crippen LogP contribution in [0.1, 0.15) is 25.3 Å². The largest absolute Gasteiger partial charge is 0.481 e. The van der Waals surface area contributed by atoms with Crippen molar-refractivity contribution in [3.8, 4) is 6.07 Å². The average molecular weight is 354 g/mol. The van der Waals surface area contributed by atoms with E-state index in [0.29, 0.717) is 30.6 Å². The number of amides is 2. The molecule has 0 heterocycles. The van der Waals surface area contributed by atoms with Gasteiger partial charge in [0.2, 0.25) is 0 Å². The van der Waals surface area contributed by atoms with E-state index in [0.717, 1.165) is 4.47 Å². The van der Waals surface area contributed by atoms with Gasteiger partial charge in [-0.25, -0.2) is 4.79 Å². The number of urea groups is 1. The van der Waals surface area contributed by atoms with Crippen LogP contribution in [-0.4, -0.2) is 23.7 Å². The van der Waals surface area contributed by atoms with Gasteiger partial charge >= 0.3 is 12.0 Å². The van der Waals surface area contributed by atoms with E-state index in [2.05, 4.69) is 26.6 Å². The van der Waals surface area contributed by atoms with Gasteiger partial charge in [-0.1, -0.05) is 22.9 Å². The topological polar surface area (TPSA) is 102 Å². The van der Waals surface area contributed by atoms with Crippen LogP contribution in [0, 0.1) is 17.2 Å². The number of carboxylic acids is 1. The Kier molecular flexibility index (Phi) is 6.69. The third-order valence-corrected chi connectivity index (χ3v) is 3.36. The molecule has 1 unspecified atom stereocenters. The molecule has 0 fully saturated rings. The summed E-state index contributed by atoms with van der Waals surface area (Å²) in [6.07, 6.45) is 1.07. The number of rotatable bonds is 6. The summed E-state index contributed by atoms with van der Waals surface area (Å²) in [6, 6.07) is 6.54. The van der Waals surface area contributed by atoms with Crippen molar-refractivity contribution < 1.29 is 14.7 Å². The molecule has 21 heavy (non-hydrogen) atoms. The van der Waals surface area contributed by atoms with E-state index in [4.69, 9.17) is 10.4 Å². The van der Waals surface area contributed by atoms with E-state index < -0.39 is 17.9 Å². The minimum atomic E-state index is -0.841. The SMILES string of the molecule is CC(CCCNC(=O)Nc1cc(Br)ccc1C#N)C(=O)O. The predicted molar refractivity (Wildman–Crippen MR) is 81.9 cm³/mol. The van der Waals surface area contributed by atoms with Crippen LogP contribution in [0.15, 0.2) is 22.7 Å². The summed E-state index contributed by atoms with van der Waals surface area (Å²) in [4.78, 5) is 22.3. The van der Waals surface area contributed by atoms with E-state index in [1.165, 1.54) is 0 Å². The number of nitriles is 1. The highest BCUT2D eigenvalue weighted by Crippen LogP contribution is 2.20. The van der Waals surface area contributed by atoms with Crippen LogP contribution in [0.4, 0.5) is 10.5 Å². The van der Waals surface area contributed by atoms with Gasteiger partial charge < -0.3 is 15.7 Å². The number of nitrogens with zero attached hydrogens (tertiary/aromatic N) is 1. The van der Waals surface area contributed by atoms with Gasteiger partial charge in [-0.2, -0.15) is 5.26 Å². The number of carboxylic acid groups (broad SMARTS) is 1. The van der Waals surface area contributed by atoms with Crippen molar-refractivity contribution in [2.75, 3.05) is 11.9 Å². The number of aliphatic carboxylic acids is 1. The van der Waals surface area contributed by atoms with Crippen LogP contribution in [-0.2, 0) is 4.79 Å². The van der Waals surface area contributed by atoms with Crippen molar-refractivity contribution >= 4 is 33.6 Å². The zero-order valence-corrected chi connectivity index (χ0v) is 13.1. The van der Waals surface area contributed by atoms with Crippen molar-refractivity contribution in [3.05, 3.63) is 28.2 Å². The van der Waals surface area contributed by atoms with E-state index in [1.807, 2.05) is 6.07 Å². The third-order valence-electron chi connectivity index (χ3n) is 2.87. The molecule has 0 radical (unpaired) electrons. The lowest BCUT2D eigenvalue weighted by Crippen LogP contribution is -2.30. The Morgan fingerprint density at radius 3 is 2.81 bits per heavy atom. The summed E-state index contributed by atoms with van der Waals surface area (Å²) in [6.45, 7) is 2.00. The predicted octanol–water partition coefficient (Wildman–Crippen LogP) is 2.94. The highest BCUT2D eigenvalue weighted by Gasteiger charge is 2.11. The summed E-state index contributed by atoms with van der Waals surface area (Å²) in [5, 5.41) is 22.9. The third kappa shape index (κ3) is 5.83. The molecule has 1 atom stereocenters. The van der Waals surface area contributed by atoms with Crippen LogP contribution < -0.4 is 10.6 Å². The molecule has 1 rings (SSSR count). The Morgan fingerprint density at radius 2 is 2.19 bits per heavy atom. The molecule has 0 aromatic heterocycles. The number of nitrogens with one attached hydrogen (secondary N) is 2. The van der Waals surface area contributed by atoms with Crippen LogP contribution in [0.3, 0.4) is 0 Å². The van der Waals surface area contributed by atoms with Gasteiger partial charge in [0.1, 0.15) is 6.07 Å². The molecule has 0 bridgehead atoms. The Labute approximate surface area is 131 Å². The van der Waals surface area contributed by atoms with Gasteiger partial charge in [-0.3, -0.25) is 4.79 Å². The van der Waals surface area contributed by atoms with Crippen LogP contribution >= 0.6 is 15.9 Å². The Morgan fingerprint density at radius 1 is 1.48 bits per heavy atom. The van der Waals surface area contributed by atoms with Gasteiger partial charge in [0.25, 0.3) is 0 Å². The molecule has 0 saturated heterocycles. The second-order valence-electron chi connectivity index (χ2n) is 4.56. The van der Waals surface area contributed by atoms with Crippen molar-refractivity contribution in [3.63, 3.8) is 0 Å². The first-order valence-electron chi connectivity index (χ1n) is 6.41. The maximum atomic E-state index is 11.7. The molecule has 7 heteroatoms. The molecular weight excluding hydrogens is 338 g/mol. The maximum Gasteiger partial charge on any atom is 0.319 e. The molecule has 3 N–H and O–H groups in total. The molecule has 1 aromatic carbocycles. The van der Waals surface area contributed by atoms with Crippen LogP contribution in [0.25, 0.3) is 0 Å². The quantitative estimate of drug-likeness (QED) is 0.684. The van der Waals surface area contributed by atoms with Crippen molar-refractivity contribution in [2.24, 2.45) is 5.92 Å². The van der Waals surface area contributed by atoms with Gasteiger partial charge in [-0.15, -0.1) is 0 Å². The lowest BCUT2D eigenvalue weighted by Gasteiger charge is -2.10. The number of halogens is 1. The first-order valence-corrected chi connectivity index (χ1v) is 7.20. The van der Waals surface area contributed by atoms with E-state index in [1.54, 1.807) is 25.1 Å². The second kappa shape index (κ2) is 8.27. The molecule has 0 aliphatic rings. The fourth-order valence-corrected chi connectivity index (χ4v) is 1.98. The molecule has 0 aliphatic heterocycles. The summed E-state index contributed by atoms with van der Waals surface area (Å²) in [5.74, 6) is -1.27. The monoisotopic (exact) mass is 353 g/mol. The zero-order valence-electron chi connectivity index (χ0n) is 11.5. The second-order valence-corrected chi connectivity index (χ2v) is 5.48. The van der Waals surface area contributed by atoms with E-state index >= 15 is 0 Å². The lowest BCUT2D eigenvalue weighted by atomic mass is 10.1. The smallest absolute Gasteiger partial charge is 0.319 e. The molecule has 0 spiro atoms. The van der Waals surface area contributed by atoms with Crippen LogP contribution in [0.2, 0.25) is 0 Å². The molecule has 6 nitrogen and oxygen atoms in total. The molecular formula is C14H16BrN3O3. The minimum absolute atomic E-state index is 0.368. The van der Waals surface area contributed by atoms with Gasteiger partial charge in [0.05, 0.1) is 17.2 Å². The first-order chi connectivity index (χ1) is 9.93. The number of hydrogen-bond acceptors (Lipinski definition) is 3. The Hall–Kier alpha value is -2.07. The normalized spacial score (nSPS) is 11.3. The highest BCUT2D eigenvalue weighted by molar-refractivity contribution is 9.10. The molecule has 2 amide bonds. The van der Waals surface area contributed by atoms with E-state index in [-0.39, 0.29) is 0 Å². The zero-order chi connectivity index (χ0) is 15.8. The molecule has 112 valence electrons. The van der Waals surface area contributed by atoms with Crippen LogP contribution in [0.5, 0.6) is 0 Å². The van der Waals surface area contributed by atoms with Gasteiger partial charge in [0, 0.05) is 11.0 Å². The minimum Gasteiger partial charge on any atom is -0.481 e. The number of hydrogen-bond donors (Lipinski definition) is 3. The highest BCUT2D eigenvalue weighted by atomic mass is 79.9. The number of benzene rings is 1. The fraction of sp³-hybridized carbons (Fsp3) is 0.357. The van der Waals surface area contributed by atoms with E-state index in [9.17, 15) is 9.59 Å². The Bertz CT molecular complexity index is 569. The van der Waals surface area contributed by atoms with Gasteiger partial charge in [0.15, 0.2) is 0 Å². The van der Waals surface area contributed by atoms with Crippen molar-refractivity contribution in [1.29, 1.82) is 5.26 Å². The standard InChI is InChI=1S/C14H16BrN3O3/c1-9(13(19)20)3-2-6-17-14(21)18-12-7-11(15)5-4-10(12)8-16/h4-5,7,9H,2-3,6H2,1H3,(H,19,20)(H2,17,18,21). The fourth-order valence-electron chi connectivity index (χ4n) is 1.62. The molecule has 0 aliphatic carbocycles. The van der Waals surface area contributed by atoms with Crippen molar-refractivity contribution in [1.82, 2.24) is 5.32 Å². The lowest BCUT2D eigenvalue weighted by molar-refractivity contribution is -0.141. The van der Waals surface area contributed by atoms with Crippen molar-refractivity contribution in [2.45, 2.75) is 19.8 Å². The number of anilines is 1. The summed E-state index contributed by atoms with van der Waals surface area (Å²) >= 11 is 3.27. The summed E-state index contributed by atoms with van der Waals surface area (Å²) < 4.78 is 0.757. The molecule has 1 aromatic rings.